The lowest BCUT2D eigenvalue weighted by Gasteiger charge is -2.19. The molecule has 1 amide bonds. The Morgan fingerprint density at radius 1 is 1.03 bits per heavy atom. The minimum atomic E-state index is -0.574. The number of fused-ring (bicyclic) bond motifs is 1. The van der Waals surface area contributed by atoms with Gasteiger partial charge in [0.2, 0.25) is 0 Å². The van der Waals surface area contributed by atoms with Crippen LogP contribution in [0.15, 0.2) is 70.3 Å². The van der Waals surface area contributed by atoms with E-state index < -0.39 is 11.2 Å². The van der Waals surface area contributed by atoms with Gasteiger partial charge in [0.15, 0.2) is 5.65 Å². The van der Waals surface area contributed by atoms with Gasteiger partial charge in [-0.25, -0.2) is 14.3 Å². The van der Waals surface area contributed by atoms with Crippen LogP contribution >= 0.6 is 0 Å². The molecule has 1 aliphatic heterocycles. The molecule has 2 aromatic heterocycles. The maximum atomic E-state index is 13.8. The highest BCUT2D eigenvalue weighted by Gasteiger charge is 2.26. The van der Waals surface area contributed by atoms with Gasteiger partial charge >= 0.3 is 5.69 Å². The smallest absolute Gasteiger partial charge is 0.337 e. The van der Waals surface area contributed by atoms with Crippen molar-refractivity contribution in [1.82, 2.24) is 19.0 Å². The lowest BCUT2D eigenvalue weighted by molar-refractivity contribution is 0.0794. The standard InChI is InChI=1S/C27H23N5O3/c1-18-14-22(25(33)30-12-5-6-13-30)23-24(29-18)32(21-10-3-2-4-11-21)27(35)31(26(23)34)17-20-9-7-8-19(15-20)16-28/h2-4,7-11,14-15H,5-6,12-13,17H2,1H3. The number of para-hydroxylation sites is 1. The van der Waals surface area contributed by atoms with Gasteiger partial charge in [0.25, 0.3) is 11.5 Å². The van der Waals surface area contributed by atoms with E-state index in [-0.39, 0.29) is 29.0 Å². The summed E-state index contributed by atoms with van der Waals surface area (Å²) in [4.78, 5) is 47.3. The Balaban J connectivity index is 1.83. The van der Waals surface area contributed by atoms with Gasteiger partial charge in [0.1, 0.15) is 0 Å². The highest BCUT2D eigenvalue weighted by molar-refractivity contribution is 6.05. The number of benzene rings is 2. The summed E-state index contributed by atoms with van der Waals surface area (Å²) < 4.78 is 2.50. The van der Waals surface area contributed by atoms with Gasteiger partial charge in [0.05, 0.1) is 34.8 Å². The van der Waals surface area contributed by atoms with Crippen LogP contribution in [0, 0.1) is 18.3 Å². The van der Waals surface area contributed by atoms with Gasteiger partial charge < -0.3 is 4.90 Å². The van der Waals surface area contributed by atoms with Gasteiger partial charge in [-0.2, -0.15) is 5.26 Å². The number of likely N-dealkylation sites (tertiary alicyclic amines) is 1. The van der Waals surface area contributed by atoms with E-state index in [0.29, 0.717) is 35.6 Å². The number of rotatable bonds is 4. The molecule has 0 N–H and O–H groups in total. The molecule has 0 bridgehead atoms. The van der Waals surface area contributed by atoms with Crippen molar-refractivity contribution < 1.29 is 4.79 Å². The maximum absolute atomic E-state index is 13.8. The molecule has 2 aromatic carbocycles. The van der Waals surface area contributed by atoms with Crippen molar-refractivity contribution in [2.75, 3.05) is 13.1 Å². The Kier molecular flexibility index (Phi) is 5.75. The average Bonchev–Trinajstić information content (AvgIpc) is 3.41. The second kappa shape index (κ2) is 9.03. The number of nitrogens with zero attached hydrogens (tertiary/aromatic N) is 5. The third kappa shape index (κ3) is 4.02. The Bertz CT molecular complexity index is 1610. The summed E-state index contributed by atoms with van der Waals surface area (Å²) >= 11 is 0. The van der Waals surface area contributed by atoms with Crippen LogP contribution < -0.4 is 11.2 Å². The molecule has 174 valence electrons. The number of hydrogen-bond donors (Lipinski definition) is 0. The number of carbonyl (C=O) groups excluding carboxylic acids is 1. The number of hydrogen-bond acceptors (Lipinski definition) is 5. The summed E-state index contributed by atoms with van der Waals surface area (Å²) in [5.74, 6) is -0.230. The van der Waals surface area contributed by atoms with Crippen LogP contribution in [-0.2, 0) is 6.54 Å². The van der Waals surface area contributed by atoms with Crippen LogP contribution in [0.5, 0.6) is 0 Å². The van der Waals surface area contributed by atoms with Crippen molar-refractivity contribution in [3.8, 4) is 11.8 Å². The number of nitriles is 1. The normalized spacial score (nSPS) is 13.2. The quantitative estimate of drug-likeness (QED) is 0.461. The van der Waals surface area contributed by atoms with E-state index in [1.807, 2.05) is 6.07 Å². The molecule has 1 aliphatic rings. The van der Waals surface area contributed by atoms with E-state index in [2.05, 4.69) is 11.1 Å². The van der Waals surface area contributed by atoms with Gasteiger partial charge in [-0.05, 0) is 55.7 Å². The minimum Gasteiger partial charge on any atom is -0.339 e. The van der Waals surface area contributed by atoms with E-state index in [1.165, 1.54) is 4.57 Å². The van der Waals surface area contributed by atoms with Gasteiger partial charge in [-0.1, -0.05) is 30.3 Å². The molecule has 8 nitrogen and oxygen atoms in total. The monoisotopic (exact) mass is 465 g/mol. The molecule has 0 spiro atoms. The second-order valence-corrected chi connectivity index (χ2v) is 8.67. The predicted octanol–water partition coefficient (Wildman–Crippen LogP) is 3.01. The predicted molar refractivity (Wildman–Crippen MR) is 132 cm³/mol. The molecule has 0 atom stereocenters. The largest absolute Gasteiger partial charge is 0.339 e. The fourth-order valence-electron chi connectivity index (χ4n) is 4.59. The second-order valence-electron chi connectivity index (χ2n) is 8.67. The first-order valence-electron chi connectivity index (χ1n) is 11.5. The zero-order valence-corrected chi connectivity index (χ0v) is 19.3. The minimum absolute atomic E-state index is 0.0405. The van der Waals surface area contributed by atoms with Crippen molar-refractivity contribution in [2.24, 2.45) is 0 Å². The van der Waals surface area contributed by atoms with Crippen molar-refractivity contribution in [3.05, 3.63) is 104 Å². The van der Waals surface area contributed by atoms with Crippen LogP contribution in [-0.4, -0.2) is 38.0 Å². The number of carbonyl (C=O) groups is 1. The van der Waals surface area contributed by atoms with Gasteiger partial charge in [-0.15, -0.1) is 0 Å². The molecular weight excluding hydrogens is 442 g/mol. The van der Waals surface area contributed by atoms with Crippen LogP contribution in [0.2, 0.25) is 0 Å². The van der Waals surface area contributed by atoms with Crippen LogP contribution in [0.3, 0.4) is 0 Å². The van der Waals surface area contributed by atoms with E-state index in [1.54, 1.807) is 66.4 Å². The Morgan fingerprint density at radius 2 is 1.77 bits per heavy atom. The average molecular weight is 466 g/mol. The van der Waals surface area contributed by atoms with Crippen LogP contribution in [0.1, 0.15) is 40.0 Å². The van der Waals surface area contributed by atoms with Crippen LogP contribution in [0.4, 0.5) is 0 Å². The van der Waals surface area contributed by atoms with Crippen molar-refractivity contribution in [3.63, 3.8) is 0 Å². The highest BCUT2D eigenvalue weighted by atomic mass is 16.2. The molecular formula is C27H23N5O3. The fourth-order valence-corrected chi connectivity index (χ4v) is 4.59. The lowest BCUT2D eigenvalue weighted by Crippen LogP contribution is -2.41. The van der Waals surface area contributed by atoms with E-state index in [9.17, 15) is 19.6 Å². The summed E-state index contributed by atoms with van der Waals surface area (Å²) in [7, 11) is 0. The zero-order valence-electron chi connectivity index (χ0n) is 19.3. The topological polar surface area (TPSA) is 101 Å². The summed E-state index contributed by atoms with van der Waals surface area (Å²) in [6, 6.07) is 19.4. The molecule has 3 heterocycles. The van der Waals surface area contributed by atoms with Crippen molar-refractivity contribution in [1.29, 1.82) is 5.26 Å². The van der Waals surface area contributed by atoms with E-state index in [4.69, 9.17) is 0 Å². The summed E-state index contributed by atoms with van der Waals surface area (Å²) in [6.45, 7) is 2.98. The molecule has 1 fully saturated rings. The van der Waals surface area contributed by atoms with E-state index in [0.717, 1.165) is 17.4 Å². The van der Waals surface area contributed by atoms with Gasteiger partial charge in [-0.3, -0.25) is 14.2 Å². The fraction of sp³-hybridized carbons (Fsp3) is 0.222. The Hall–Kier alpha value is -4.51. The molecule has 0 aliphatic carbocycles. The first kappa shape index (κ1) is 22.3. The molecule has 35 heavy (non-hydrogen) atoms. The SMILES string of the molecule is Cc1cc(C(=O)N2CCCC2)c2c(=O)n(Cc3cccc(C#N)c3)c(=O)n(-c3ccccc3)c2n1. The van der Waals surface area contributed by atoms with Gasteiger partial charge in [0, 0.05) is 18.8 Å². The summed E-state index contributed by atoms with van der Waals surface area (Å²) in [5.41, 5.74) is 1.43. The first-order valence-corrected chi connectivity index (χ1v) is 11.5. The zero-order chi connectivity index (χ0) is 24.5. The molecule has 4 aromatic rings. The molecule has 0 unspecified atom stereocenters. The van der Waals surface area contributed by atoms with Crippen molar-refractivity contribution >= 4 is 16.9 Å². The molecule has 0 saturated carbocycles. The molecule has 8 heteroatoms. The number of pyridine rings is 1. The third-order valence-corrected chi connectivity index (χ3v) is 6.26. The Morgan fingerprint density at radius 3 is 2.49 bits per heavy atom. The first-order chi connectivity index (χ1) is 17.0. The summed E-state index contributed by atoms with van der Waals surface area (Å²) in [5, 5.41) is 9.38. The highest BCUT2D eigenvalue weighted by Crippen LogP contribution is 2.21. The molecule has 0 radical (unpaired) electrons. The number of aryl methyl sites for hydroxylation is 1. The summed E-state index contributed by atoms with van der Waals surface area (Å²) in [6.07, 6.45) is 1.84. The van der Waals surface area contributed by atoms with Crippen molar-refractivity contribution in [2.45, 2.75) is 26.3 Å². The van der Waals surface area contributed by atoms with E-state index >= 15 is 0 Å². The number of amides is 1. The molecule has 5 rings (SSSR count). The maximum Gasteiger partial charge on any atom is 0.337 e. The Labute approximate surface area is 201 Å². The molecule has 1 saturated heterocycles. The lowest BCUT2D eigenvalue weighted by atomic mass is 10.1. The van der Waals surface area contributed by atoms with Crippen LogP contribution in [0.25, 0.3) is 16.7 Å². The third-order valence-electron chi connectivity index (χ3n) is 6.26. The number of aromatic nitrogens is 3.